The third-order valence-corrected chi connectivity index (χ3v) is 2.95. The Hall–Kier alpha value is -1.36. The fraction of sp³-hybridized carbons (Fsp3) is 0.667. The molecule has 0 radical (unpaired) electrons. The number of carbonyl (C=O) groups is 1. The van der Waals surface area contributed by atoms with Gasteiger partial charge in [-0.25, -0.2) is 0 Å². The smallest absolute Gasteiger partial charge is 0.220 e. The van der Waals surface area contributed by atoms with Crippen molar-refractivity contribution in [1.82, 2.24) is 20.8 Å². The topological polar surface area (TPSA) is 69.8 Å². The van der Waals surface area contributed by atoms with E-state index in [2.05, 4.69) is 20.8 Å². The molecule has 1 aliphatic rings. The van der Waals surface area contributed by atoms with Crippen LogP contribution in [0.5, 0.6) is 0 Å². The molecule has 1 fully saturated rings. The second-order valence-corrected chi connectivity index (χ2v) is 4.64. The second-order valence-electron chi connectivity index (χ2n) is 4.64. The predicted molar refractivity (Wildman–Crippen MR) is 65.4 cm³/mol. The Kier molecular flexibility index (Phi) is 4.14. The number of carbonyl (C=O) groups excluding carboxylic acids is 1. The zero-order valence-corrected chi connectivity index (χ0v) is 10.3. The highest BCUT2D eigenvalue weighted by Gasteiger charge is 2.22. The third-order valence-electron chi connectivity index (χ3n) is 2.95. The lowest BCUT2D eigenvalue weighted by Crippen LogP contribution is -2.26. The van der Waals surface area contributed by atoms with E-state index in [9.17, 15) is 4.79 Å². The molecule has 1 amide bonds. The number of aromatic nitrogens is 2. The van der Waals surface area contributed by atoms with Gasteiger partial charge in [0.25, 0.3) is 0 Å². The summed E-state index contributed by atoms with van der Waals surface area (Å²) in [6.07, 6.45) is 5.65. The molecular formula is C12H20N4O. The monoisotopic (exact) mass is 236 g/mol. The molecular weight excluding hydrogens is 216 g/mol. The average Bonchev–Trinajstić information content (AvgIpc) is 3.01. The van der Waals surface area contributed by atoms with Gasteiger partial charge in [-0.1, -0.05) is 0 Å². The molecule has 17 heavy (non-hydrogen) atoms. The van der Waals surface area contributed by atoms with Gasteiger partial charge in [-0.05, 0) is 32.7 Å². The summed E-state index contributed by atoms with van der Waals surface area (Å²) in [6.45, 7) is 3.68. The van der Waals surface area contributed by atoms with E-state index in [1.807, 2.05) is 13.1 Å². The van der Waals surface area contributed by atoms with E-state index in [4.69, 9.17) is 0 Å². The first kappa shape index (κ1) is 12.1. The molecule has 5 heteroatoms. The van der Waals surface area contributed by atoms with Crippen LogP contribution in [0, 0.1) is 6.92 Å². The molecule has 0 aliphatic heterocycles. The molecule has 2 rings (SSSR count). The first-order valence-electron chi connectivity index (χ1n) is 6.24. The Morgan fingerprint density at radius 3 is 3.06 bits per heavy atom. The highest BCUT2D eigenvalue weighted by Crippen LogP contribution is 2.18. The molecule has 0 unspecified atom stereocenters. The number of amides is 1. The van der Waals surface area contributed by atoms with Crippen LogP contribution < -0.4 is 10.6 Å². The minimum absolute atomic E-state index is 0.189. The van der Waals surface area contributed by atoms with E-state index in [1.54, 1.807) is 0 Å². The van der Waals surface area contributed by atoms with Crippen LogP contribution in [0.1, 0.15) is 36.9 Å². The van der Waals surface area contributed by atoms with Crippen LogP contribution >= 0.6 is 0 Å². The Labute approximate surface area is 101 Å². The van der Waals surface area contributed by atoms with Crippen molar-refractivity contribution in [3.63, 3.8) is 0 Å². The van der Waals surface area contributed by atoms with Gasteiger partial charge in [-0.2, -0.15) is 5.10 Å². The summed E-state index contributed by atoms with van der Waals surface area (Å²) in [5.74, 6) is 0.189. The second kappa shape index (κ2) is 5.82. The van der Waals surface area contributed by atoms with Crippen molar-refractivity contribution in [2.45, 2.75) is 45.2 Å². The third kappa shape index (κ3) is 4.19. The standard InChI is InChI=1S/C12H20N4O/c1-9-10(8-14-16-9)7-13-6-2-3-12(17)15-11-4-5-11/h8,11,13H,2-7H2,1H3,(H,14,16)(H,15,17). The summed E-state index contributed by atoms with van der Waals surface area (Å²) < 4.78 is 0. The van der Waals surface area contributed by atoms with Gasteiger partial charge >= 0.3 is 0 Å². The van der Waals surface area contributed by atoms with Gasteiger partial charge in [0, 0.05) is 30.3 Å². The summed E-state index contributed by atoms with van der Waals surface area (Å²) in [6, 6.07) is 0.476. The van der Waals surface area contributed by atoms with Crippen molar-refractivity contribution in [3.8, 4) is 0 Å². The maximum absolute atomic E-state index is 11.4. The quantitative estimate of drug-likeness (QED) is 0.615. The largest absolute Gasteiger partial charge is 0.353 e. The van der Waals surface area contributed by atoms with Gasteiger partial charge in [-0.3, -0.25) is 9.89 Å². The summed E-state index contributed by atoms with van der Waals surface area (Å²) >= 11 is 0. The summed E-state index contributed by atoms with van der Waals surface area (Å²) in [4.78, 5) is 11.4. The Balaban J connectivity index is 1.51. The molecule has 0 aromatic carbocycles. The summed E-state index contributed by atoms with van der Waals surface area (Å²) in [7, 11) is 0. The predicted octanol–water partition coefficient (Wildman–Crippen LogP) is 0.867. The van der Waals surface area contributed by atoms with Crippen LogP contribution in [0.15, 0.2) is 6.20 Å². The maximum atomic E-state index is 11.4. The lowest BCUT2D eigenvalue weighted by molar-refractivity contribution is -0.121. The van der Waals surface area contributed by atoms with Crippen LogP contribution in [0.3, 0.4) is 0 Å². The molecule has 1 heterocycles. The molecule has 3 N–H and O–H groups in total. The van der Waals surface area contributed by atoms with E-state index >= 15 is 0 Å². The van der Waals surface area contributed by atoms with Crippen molar-refractivity contribution < 1.29 is 4.79 Å². The van der Waals surface area contributed by atoms with Gasteiger partial charge in [0.15, 0.2) is 0 Å². The van der Waals surface area contributed by atoms with Crippen LogP contribution in [-0.2, 0) is 11.3 Å². The fourth-order valence-corrected chi connectivity index (χ4v) is 1.68. The normalized spacial score (nSPS) is 14.9. The van der Waals surface area contributed by atoms with Gasteiger partial charge < -0.3 is 10.6 Å². The Bertz CT molecular complexity index is 370. The number of nitrogens with zero attached hydrogens (tertiary/aromatic N) is 1. The molecule has 1 aliphatic carbocycles. The van der Waals surface area contributed by atoms with Crippen molar-refractivity contribution in [3.05, 3.63) is 17.5 Å². The van der Waals surface area contributed by atoms with E-state index in [1.165, 1.54) is 5.56 Å². The number of aromatic amines is 1. The SMILES string of the molecule is Cc1[nH]ncc1CNCCCC(=O)NC1CC1. The van der Waals surface area contributed by atoms with Crippen LogP contribution in [-0.4, -0.2) is 28.7 Å². The molecule has 0 spiro atoms. The zero-order valence-electron chi connectivity index (χ0n) is 10.3. The number of rotatable bonds is 7. The van der Waals surface area contributed by atoms with E-state index in [0.29, 0.717) is 12.5 Å². The van der Waals surface area contributed by atoms with E-state index in [0.717, 1.165) is 38.0 Å². The molecule has 1 aromatic rings. The number of nitrogens with one attached hydrogen (secondary N) is 3. The molecule has 5 nitrogen and oxygen atoms in total. The lowest BCUT2D eigenvalue weighted by atomic mass is 10.2. The molecule has 94 valence electrons. The van der Waals surface area contributed by atoms with Crippen molar-refractivity contribution in [2.24, 2.45) is 0 Å². The van der Waals surface area contributed by atoms with Crippen molar-refractivity contribution in [1.29, 1.82) is 0 Å². The fourth-order valence-electron chi connectivity index (χ4n) is 1.68. The Morgan fingerprint density at radius 1 is 1.59 bits per heavy atom. The first-order chi connectivity index (χ1) is 8.25. The van der Waals surface area contributed by atoms with Gasteiger partial charge in [0.2, 0.25) is 5.91 Å². The highest BCUT2D eigenvalue weighted by atomic mass is 16.1. The number of hydrogen-bond donors (Lipinski definition) is 3. The minimum atomic E-state index is 0.189. The van der Waals surface area contributed by atoms with Gasteiger partial charge in [-0.15, -0.1) is 0 Å². The lowest BCUT2D eigenvalue weighted by Gasteiger charge is -2.04. The highest BCUT2D eigenvalue weighted by molar-refractivity contribution is 5.76. The molecule has 0 bridgehead atoms. The average molecular weight is 236 g/mol. The van der Waals surface area contributed by atoms with Crippen molar-refractivity contribution >= 4 is 5.91 Å². The zero-order chi connectivity index (χ0) is 12.1. The molecule has 1 saturated carbocycles. The molecule has 0 saturated heterocycles. The molecule has 1 aromatic heterocycles. The van der Waals surface area contributed by atoms with Crippen LogP contribution in [0.4, 0.5) is 0 Å². The van der Waals surface area contributed by atoms with Crippen LogP contribution in [0.25, 0.3) is 0 Å². The first-order valence-corrected chi connectivity index (χ1v) is 6.24. The van der Waals surface area contributed by atoms with E-state index < -0.39 is 0 Å². The molecule has 0 atom stereocenters. The summed E-state index contributed by atoms with van der Waals surface area (Å²) in [5.41, 5.74) is 2.29. The number of hydrogen-bond acceptors (Lipinski definition) is 3. The van der Waals surface area contributed by atoms with Gasteiger partial charge in [0.1, 0.15) is 0 Å². The Morgan fingerprint density at radius 2 is 2.41 bits per heavy atom. The van der Waals surface area contributed by atoms with Crippen LogP contribution in [0.2, 0.25) is 0 Å². The number of aryl methyl sites for hydroxylation is 1. The van der Waals surface area contributed by atoms with E-state index in [-0.39, 0.29) is 5.91 Å². The summed E-state index contributed by atoms with van der Waals surface area (Å²) in [5, 5.41) is 13.2. The number of H-pyrrole nitrogens is 1. The van der Waals surface area contributed by atoms with Crippen molar-refractivity contribution in [2.75, 3.05) is 6.54 Å². The maximum Gasteiger partial charge on any atom is 0.220 e. The van der Waals surface area contributed by atoms with Gasteiger partial charge in [0.05, 0.1) is 6.20 Å². The minimum Gasteiger partial charge on any atom is -0.353 e.